The van der Waals surface area contributed by atoms with Gasteiger partial charge in [0.2, 0.25) is 11.9 Å². The largest absolute Gasteiger partial charge is 0.484 e. The van der Waals surface area contributed by atoms with E-state index in [-0.39, 0.29) is 38.2 Å². The van der Waals surface area contributed by atoms with Crippen LogP contribution in [0.3, 0.4) is 0 Å². The van der Waals surface area contributed by atoms with Gasteiger partial charge in [-0.15, -0.1) is 0 Å². The summed E-state index contributed by atoms with van der Waals surface area (Å²) in [6.45, 7) is -0.116. The third kappa shape index (κ3) is 10.4. The first-order valence-corrected chi connectivity index (χ1v) is 17.6. The SMILES string of the molecule is O=C(NC(=NCCC[C@H]1C(=O)N(C(=O)COc2ccc3ccccc3c2)[C@@H]1C=Cc1ccccc1)NC(=O)OCc1ccccc1)OCc1ccccc1. The molecule has 1 saturated heterocycles. The van der Waals surface area contributed by atoms with Crippen molar-refractivity contribution in [3.63, 3.8) is 0 Å². The molecule has 0 saturated carbocycles. The van der Waals surface area contributed by atoms with Crippen molar-refractivity contribution < 1.29 is 33.4 Å². The van der Waals surface area contributed by atoms with Crippen molar-refractivity contribution in [2.45, 2.75) is 32.1 Å². The number of nitrogens with one attached hydrogen (secondary N) is 2. The number of carbonyl (C=O) groups is 4. The number of ether oxygens (including phenoxy) is 3. The fourth-order valence-electron chi connectivity index (χ4n) is 5.94. The molecule has 1 fully saturated rings. The van der Waals surface area contributed by atoms with E-state index in [0.29, 0.717) is 18.6 Å². The normalized spacial score (nSPS) is 14.9. The number of amides is 4. The minimum absolute atomic E-state index is 0.0165. The highest BCUT2D eigenvalue weighted by atomic mass is 16.6. The number of likely N-dealkylation sites (tertiary alicyclic amines) is 1. The molecule has 1 heterocycles. The average Bonchev–Trinajstić information content (AvgIpc) is 3.20. The number of hydrogen-bond donors (Lipinski definition) is 2. The molecule has 2 N–H and O–H groups in total. The molecule has 1 aliphatic rings. The molecule has 0 bridgehead atoms. The van der Waals surface area contributed by atoms with Crippen LogP contribution < -0.4 is 15.4 Å². The number of aliphatic imine (C=N–C) groups is 1. The van der Waals surface area contributed by atoms with Gasteiger partial charge in [0.1, 0.15) is 19.0 Å². The zero-order valence-electron chi connectivity index (χ0n) is 29.5. The standard InChI is InChI=1S/C43H40N4O7/c48-39(30-52-36-24-23-34-19-10-11-20-35(34)27-36)47-38(25-22-31-13-4-1-5-14-31)37(40(47)49)21-12-26-44-41(45-42(50)53-28-32-15-6-2-7-16-32)46-43(51)54-29-33-17-8-3-9-18-33/h1-11,13-20,22-25,27,37-38H,12,21,26,28-30H2,(H2,44,45,46,50,51)/t37-,38-/m1/s1. The second-order valence-electron chi connectivity index (χ2n) is 12.5. The van der Waals surface area contributed by atoms with Crippen molar-refractivity contribution in [1.82, 2.24) is 15.5 Å². The highest BCUT2D eigenvalue weighted by molar-refractivity contribution is 6.03. The Labute approximate surface area is 313 Å². The Hall–Kier alpha value is -6.75. The minimum Gasteiger partial charge on any atom is -0.484 e. The molecule has 5 aromatic carbocycles. The molecule has 1 aliphatic heterocycles. The van der Waals surface area contributed by atoms with E-state index >= 15 is 0 Å². The molecule has 0 spiro atoms. The number of β-lactam (4-membered cyclic amide) rings is 1. The van der Waals surface area contributed by atoms with Crippen LogP contribution in [0.2, 0.25) is 0 Å². The third-order valence-electron chi connectivity index (χ3n) is 8.71. The first-order valence-electron chi connectivity index (χ1n) is 17.6. The summed E-state index contributed by atoms with van der Waals surface area (Å²) in [6, 6.07) is 40.9. The number of nitrogens with zero attached hydrogens (tertiary/aromatic N) is 2. The van der Waals surface area contributed by atoms with Crippen LogP contribution in [-0.2, 0) is 32.3 Å². The molecule has 6 rings (SSSR count). The van der Waals surface area contributed by atoms with E-state index in [2.05, 4.69) is 15.6 Å². The minimum atomic E-state index is -0.818. The topological polar surface area (TPSA) is 136 Å². The van der Waals surface area contributed by atoms with E-state index in [4.69, 9.17) is 14.2 Å². The smallest absolute Gasteiger partial charge is 0.414 e. The molecule has 11 nitrogen and oxygen atoms in total. The van der Waals surface area contributed by atoms with Gasteiger partial charge in [0.15, 0.2) is 6.61 Å². The molecule has 0 unspecified atom stereocenters. The van der Waals surface area contributed by atoms with Crippen LogP contribution in [0.15, 0.2) is 145 Å². The maximum absolute atomic E-state index is 13.4. The summed E-state index contributed by atoms with van der Waals surface area (Å²) < 4.78 is 16.4. The van der Waals surface area contributed by atoms with Crippen molar-refractivity contribution in [1.29, 1.82) is 0 Å². The molecular formula is C43H40N4O7. The third-order valence-corrected chi connectivity index (χ3v) is 8.71. The van der Waals surface area contributed by atoms with Crippen LogP contribution in [0.4, 0.5) is 9.59 Å². The molecule has 11 heteroatoms. The number of guanidine groups is 1. The van der Waals surface area contributed by atoms with E-state index in [1.54, 1.807) is 6.07 Å². The van der Waals surface area contributed by atoms with Crippen LogP contribution in [-0.4, -0.2) is 54.1 Å². The van der Waals surface area contributed by atoms with Gasteiger partial charge in [0.25, 0.3) is 5.91 Å². The summed E-state index contributed by atoms with van der Waals surface area (Å²) in [7, 11) is 0. The van der Waals surface area contributed by atoms with Gasteiger partial charge in [-0.1, -0.05) is 133 Å². The fourth-order valence-corrected chi connectivity index (χ4v) is 5.94. The number of benzene rings is 5. The zero-order valence-corrected chi connectivity index (χ0v) is 29.5. The quantitative estimate of drug-likeness (QED) is 0.0564. The molecular weight excluding hydrogens is 684 g/mol. The lowest BCUT2D eigenvalue weighted by Crippen LogP contribution is -2.63. The van der Waals surface area contributed by atoms with Crippen LogP contribution in [0.5, 0.6) is 5.75 Å². The molecule has 4 amide bonds. The van der Waals surface area contributed by atoms with Gasteiger partial charge in [0, 0.05) is 6.54 Å². The predicted molar refractivity (Wildman–Crippen MR) is 205 cm³/mol. The Morgan fingerprint density at radius 2 is 1.28 bits per heavy atom. The van der Waals surface area contributed by atoms with E-state index in [1.807, 2.05) is 140 Å². The van der Waals surface area contributed by atoms with E-state index in [9.17, 15) is 19.2 Å². The number of alkyl carbamates (subject to hydrolysis) is 2. The maximum Gasteiger partial charge on any atom is 0.414 e. The second-order valence-corrected chi connectivity index (χ2v) is 12.5. The predicted octanol–water partition coefficient (Wildman–Crippen LogP) is 7.27. The second kappa shape index (κ2) is 18.7. The van der Waals surface area contributed by atoms with Crippen LogP contribution >= 0.6 is 0 Å². The summed E-state index contributed by atoms with van der Waals surface area (Å²) in [4.78, 5) is 57.8. The number of hydrogen-bond acceptors (Lipinski definition) is 8. The van der Waals surface area contributed by atoms with Crippen molar-refractivity contribution in [3.8, 4) is 5.75 Å². The molecule has 54 heavy (non-hydrogen) atoms. The van der Waals surface area contributed by atoms with Crippen LogP contribution in [0.25, 0.3) is 16.8 Å². The molecule has 0 aromatic heterocycles. The van der Waals surface area contributed by atoms with E-state index in [1.165, 1.54) is 4.90 Å². The van der Waals surface area contributed by atoms with Crippen molar-refractivity contribution in [2.24, 2.45) is 10.9 Å². The van der Waals surface area contributed by atoms with Gasteiger partial charge in [-0.3, -0.25) is 30.1 Å². The van der Waals surface area contributed by atoms with E-state index in [0.717, 1.165) is 27.5 Å². The monoisotopic (exact) mass is 724 g/mol. The van der Waals surface area contributed by atoms with Crippen LogP contribution in [0, 0.1) is 5.92 Å². The molecule has 274 valence electrons. The molecule has 0 aliphatic carbocycles. The lowest BCUT2D eigenvalue weighted by atomic mass is 9.83. The van der Waals surface area contributed by atoms with Gasteiger partial charge >= 0.3 is 12.2 Å². The summed E-state index contributed by atoms with van der Waals surface area (Å²) in [5, 5.41) is 6.99. The lowest BCUT2D eigenvalue weighted by molar-refractivity contribution is -0.164. The Bertz CT molecular complexity index is 2050. The number of fused-ring (bicyclic) bond motifs is 1. The summed E-state index contributed by atoms with van der Waals surface area (Å²) >= 11 is 0. The first kappa shape index (κ1) is 37.0. The summed E-state index contributed by atoms with van der Waals surface area (Å²) in [6.07, 6.45) is 2.92. The van der Waals surface area contributed by atoms with Gasteiger partial charge in [-0.05, 0) is 52.4 Å². The highest BCUT2D eigenvalue weighted by Crippen LogP contribution is 2.33. The number of imide groups is 1. The average molecular weight is 725 g/mol. The molecule has 5 aromatic rings. The molecule has 2 atom stereocenters. The van der Waals surface area contributed by atoms with E-state index < -0.39 is 30.1 Å². The maximum atomic E-state index is 13.4. The number of rotatable bonds is 13. The highest BCUT2D eigenvalue weighted by Gasteiger charge is 2.48. The van der Waals surface area contributed by atoms with Gasteiger partial charge < -0.3 is 14.2 Å². The molecule has 0 radical (unpaired) electrons. The Kier molecular flexibility index (Phi) is 12.8. The lowest BCUT2D eigenvalue weighted by Gasteiger charge is -2.44. The van der Waals surface area contributed by atoms with Crippen molar-refractivity contribution in [2.75, 3.05) is 13.2 Å². The van der Waals surface area contributed by atoms with Gasteiger partial charge in [-0.25, -0.2) is 9.59 Å². The van der Waals surface area contributed by atoms with Crippen LogP contribution in [0.1, 0.15) is 29.5 Å². The number of carbonyl (C=O) groups excluding carboxylic acids is 4. The zero-order chi connectivity index (χ0) is 37.5. The first-order chi connectivity index (χ1) is 26.4. The Balaban J connectivity index is 1.08. The Morgan fingerprint density at radius 1 is 0.704 bits per heavy atom. The van der Waals surface area contributed by atoms with Gasteiger partial charge in [-0.2, -0.15) is 0 Å². The van der Waals surface area contributed by atoms with Crippen molar-refractivity contribution >= 4 is 46.8 Å². The summed E-state index contributed by atoms with van der Waals surface area (Å²) in [5.74, 6) is -0.857. The van der Waals surface area contributed by atoms with Gasteiger partial charge in [0.05, 0.1) is 12.0 Å². The van der Waals surface area contributed by atoms with Crippen molar-refractivity contribution in [3.05, 3.63) is 156 Å². The fraction of sp³-hybridized carbons (Fsp3) is 0.186. The Morgan fingerprint density at radius 3 is 1.91 bits per heavy atom. The summed E-state index contributed by atoms with van der Waals surface area (Å²) in [5.41, 5.74) is 2.51.